The van der Waals surface area contributed by atoms with Crippen molar-refractivity contribution in [2.75, 3.05) is 12.4 Å². The maximum absolute atomic E-state index is 12.0. The molecule has 3 aromatic rings. The van der Waals surface area contributed by atoms with Gasteiger partial charge in [-0.25, -0.2) is 0 Å². The van der Waals surface area contributed by atoms with Crippen molar-refractivity contribution in [2.45, 2.75) is 18.9 Å². The Morgan fingerprint density at radius 1 is 1.22 bits per heavy atom. The molecule has 1 aliphatic heterocycles. The number of hydrogen-bond donors (Lipinski definition) is 2. The molecule has 1 amide bonds. The van der Waals surface area contributed by atoms with Crippen LogP contribution in [0.25, 0.3) is 0 Å². The molecule has 1 atom stereocenters. The molecule has 6 nitrogen and oxygen atoms in total. The van der Waals surface area contributed by atoms with Crippen LogP contribution in [0.5, 0.6) is 11.5 Å². The molecule has 138 valence electrons. The zero-order valence-corrected chi connectivity index (χ0v) is 15.4. The third kappa shape index (κ3) is 3.48. The van der Waals surface area contributed by atoms with E-state index in [-0.39, 0.29) is 11.8 Å². The Balaban J connectivity index is 1.59. The first-order valence-corrected chi connectivity index (χ1v) is 8.91. The normalized spacial score (nSPS) is 15.8. The maximum Gasteiger partial charge on any atom is 0.226 e. The number of H-pyrrole nitrogens is 1. The maximum atomic E-state index is 12.0. The van der Waals surface area contributed by atoms with Crippen LogP contribution in [0.1, 0.15) is 29.0 Å². The summed E-state index contributed by atoms with van der Waals surface area (Å²) in [5.74, 6) is 1.66. The SMILES string of the molecule is COc1cc(C2CC(=O)Nc3n[nH]cc32)ccc1OCc1ccccc1Cl. The third-order valence-electron chi connectivity index (χ3n) is 4.62. The second kappa shape index (κ2) is 7.32. The first-order chi connectivity index (χ1) is 13.2. The zero-order valence-electron chi connectivity index (χ0n) is 14.7. The van der Waals surface area contributed by atoms with Gasteiger partial charge in [-0.2, -0.15) is 5.10 Å². The molecule has 0 saturated carbocycles. The largest absolute Gasteiger partial charge is 0.493 e. The molecular formula is C20H18ClN3O3. The fourth-order valence-corrected chi connectivity index (χ4v) is 3.42. The van der Waals surface area contributed by atoms with Crippen LogP contribution >= 0.6 is 11.6 Å². The summed E-state index contributed by atoms with van der Waals surface area (Å²) in [4.78, 5) is 12.0. The highest BCUT2D eigenvalue weighted by Gasteiger charge is 2.29. The van der Waals surface area contributed by atoms with E-state index in [9.17, 15) is 4.79 Å². The minimum atomic E-state index is -0.0842. The molecule has 2 N–H and O–H groups in total. The fraction of sp³-hybridized carbons (Fsp3) is 0.200. The lowest BCUT2D eigenvalue weighted by Crippen LogP contribution is -2.23. The molecule has 1 aliphatic rings. The Hall–Kier alpha value is -2.99. The number of carbonyl (C=O) groups excluding carboxylic acids is 1. The van der Waals surface area contributed by atoms with Crippen molar-refractivity contribution in [2.24, 2.45) is 0 Å². The van der Waals surface area contributed by atoms with Crippen LogP contribution in [0.4, 0.5) is 5.82 Å². The van der Waals surface area contributed by atoms with Crippen molar-refractivity contribution < 1.29 is 14.3 Å². The summed E-state index contributed by atoms with van der Waals surface area (Å²) in [7, 11) is 1.60. The number of ether oxygens (including phenoxy) is 2. The summed E-state index contributed by atoms with van der Waals surface area (Å²) in [6.45, 7) is 0.340. The lowest BCUT2D eigenvalue weighted by atomic mass is 9.87. The van der Waals surface area contributed by atoms with E-state index in [0.717, 1.165) is 16.7 Å². The number of fused-ring (bicyclic) bond motifs is 1. The van der Waals surface area contributed by atoms with Gasteiger partial charge in [0.1, 0.15) is 6.61 Å². The van der Waals surface area contributed by atoms with Crippen LogP contribution in [-0.4, -0.2) is 23.2 Å². The molecule has 1 unspecified atom stereocenters. The number of halogens is 1. The highest BCUT2D eigenvalue weighted by atomic mass is 35.5. The number of nitrogens with zero attached hydrogens (tertiary/aromatic N) is 1. The van der Waals surface area contributed by atoms with Crippen molar-refractivity contribution in [3.05, 3.63) is 70.4 Å². The van der Waals surface area contributed by atoms with E-state index in [1.165, 1.54) is 0 Å². The number of aromatic nitrogens is 2. The highest BCUT2D eigenvalue weighted by molar-refractivity contribution is 6.31. The van der Waals surface area contributed by atoms with E-state index in [1.54, 1.807) is 7.11 Å². The predicted octanol–water partition coefficient (Wildman–Crippen LogP) is 4.12. The number of methoxy groups -OCH3 is 1. The Labute approximate surface area is 161 Å². The molecule has 0 aliphatic carbocycles. The summed E-state index contributed by atoms with van der Waals surface area (Å²) in [5, 5.41) is 10.3. The molecule has 4 rings (SSSR count). The van der Waals surface area contributed by atoms with E-state index in [1.807, 2.05) is 48.7 Å². The van der Waals surface area contributed by atoms with Gasteiger partial charge in [-0.05, 0) is 23.8 Å². The Bertz CT molecular complexity index is 986. The monoisotopic (exact) mass is 383 g/mol. The van der Waals surface area contributed by atoms with Crippen molar-refractivity contribution in [1.82, 2.24) is 10.2 Å². The number of amides is 1. The van der Waals surface area contributed by atoms with Crippen molar-refractivity contribution in [1.29, 1.82) is 0 Å². The zero-order chi connectivity index (χ0) is 18.8. The molecule has 2 aromatic carbocycles. The summed E-state index contributed by atoms with van der Waals surface area (Å²) in [6, 6.07) is 13.3. The predicted molar refractivity (Wildman–Crippen MR) is 102 cm³/mol. The number of nitrogens with one attached hydrogen (secondary N) is 2. The number of rotatable bonds is 5. The number of hydrogen-bond acceptors (Lipinski definition) is 4. The number of carbonyl (C=O) groups is 1. The van der Waals surface area contributed by atoms with Crippen LogP contribution in [-0.2, 0) is 11.4 Å². The summed E-state index contributed by atoms with van der Waals surface area (Å²) in [5.41, 5.74) is 2.83. The minimum Gasteiger partial charge on any atom is -0.493 e. The molecule has 27 heavy (non-hydrogen) atoms. The standard InChI is InChI=1S/C20H18ClN3O3/c1-26-18-8-12(14-9-19(25)23-20-15(14)10-22-24-20)6-7-17(18)27-11-13-4-2-3-5-16(13)21/h2-8,10,14H,9,11H2,1H3,(H2,22,23,24,25). The van der Waals surface area contributed by atoms with Gasteiger partial charge in [0.05, 0.1) is 7.11 Å². The van der Waals surface area contributed by atoms with Crippen molar-refractivity contribution in [3.8, 4) is 11.5 Å². The van der Waals surface area contributed by atoms with Crippen LogP contribution in [0, 0.1) is 0 Å². The molecule has 0 saturated heterocycles. The van der Waals surface area contributed by atoms with Gasteiger partial charge in [-0.1, -0.05) is 35.9 Å². The first kappa shape index (κ1) is 17.4. The van der Waals surface area contributed by atoms with Gasteiger partial charge in [0, 0.05) is 34.7 Å². The molecule has 7 heteroatoms. The second-order valence-corrected chi connectivity index (χ2v) is 6.69. The highest BCUT2D eigenvalue weighted by Crippen LogP contribution is 2.39. The summed E-state index contributed by atoms with van der Waals surface area (Å²) < 4.78 is 11.4. The molecule has 0 fully saturated rings. The fourth-order valence-electron chi connectivity index (χ4n) is 3.23. The topological polar surface area (TPSA) is 76.2 Å². The third-order valence-corrected chi connectivity index (χ3v) is 4.99. The lowest BCUT2D eigenvalue weighted by molar-refractivity contribution is -0.116. The Morgan fingerprint density at radius 2 is 2.07 bits per heavy atom. The molecule has 0 radical (unpaired) electrons. The average Bonchev–Trinajstić information content (AvgIpc) is 3.15. The lowest BCUT2D eigenvalue weighted by Gasteiger charge is -2.23. The number of anilines is 1. The first-order valence-electron chi connectivity index (χ1n) is 8.53. The number of aromatic amines is 1. The van der Waals surface area contributed by atoms with Crippen LogP contribution in [0.3, 0.4) is 0 Å². The molecule has 1 aromatic heterocycles. The molecule has 2 heterocycles. The van der Waals surface area contributed by atoms with E-state index >= 15 is 0 Å². The molecule has 0 bridgehead atoms. The average molecular weight is 384 g/mol. The van der Waals surface area contributed by atoms with Crippen LogP contribution in [0.2, 0.25) is 5.02 Å². The Kier molecular flexibility index (Phi) is 4.73. The van der Waals surface area contributed by atoms with Crippen LogP contribution in [0.15, 0.2) is 48.7 Å². The molecule has 0 spiro atoms. The summed E-state index contributed by atoms with van der Waals surface area (Å²) >= 11 is 6.18. The van der Waals surface area contributed by atoms with Gasteiger partial charge >= 0.3 is 0 Å². The van der Waals surface area contributed by atoms with Gasteiger partial charge in [-0.15, -0.1) is 0 Å². The van der Waals surface area contributed by atoms with Gasteiger partial charge in [0.25, 0.3) is 0 Å². The van der Waals surface area contributed by atoms with Gasteiger partial charge in [-0.3, -0.25) is 9.89 Å². The molecular weight excluding hydrogens is 366 g/mol. The van der Waals surface area contributed by atoms with Gasteiger partial charge < -0.3 is 14.8 Å². The number of benzene rings is 2. The quantitative estimate of drug-likeness (QED) is 0.694. The Morgan fingerprint density at radius 3 is 2.89 bits per heavy atom. The van der Waals surface area contributed by atoms with Crippen molar-refractivity contribution in [3.63, 3.8) is 0 Å². The van der Waals surface area contributed by atoms with Crippen LogP contribution < -0.4 is 14.8 Å². The van der Waals surface area contributed by atoms with E-state index < -0.39 is 0 Å². The van der Waals surface area contributed by atoms with Gasteiger partial charge in [0.15, 0.2) is 17.3 Å². The van der Waals surface area contributed by atoms with E-state index in [0.29, 0.717) is 35.4 Å². The second-order valence-electron chi connectivity index (χ2n) is 6.28. The smallest absolute Gasteiger partial charge is 0.226 e. The van der Waals surface area contributed by atoms with Gasteiger partial charge in [0.2, 0.25) is 5.91 Å². The van der Waals surface area contributed by atoms with Crippen molar-refractivity contribution >= 4 is 23.3 Å². The van der Waals surface area contributed by atoms with E-state index in [4.69, 9.17) is 21.1 Å². The minimum absolute atomic E-state index is 0.0578. The van der Waals surface area contributed by atoms with E-state index in [2.05, 4.69) is 15.5 Å². The summed E-state index contributed by atoms with van der Waals surface area (Å²) in [6.07, 6.45) is 2.17.